The molecule has 0 saturated carbocycles. The molecule has 0 bridgehead atoms. The van der Waals surface area contributed by atoms with E-state index >= 15 is 0 Å². The minimum Gasteiger partial charge on any atom is -0.507 e. The molecule has 0 spiro atoms. The van der Waals surface area contributed by atoms with Gasteiger partial charge in [-0.1, -0.05) is 12.1 Å². The number of phenols is 1. The highest BCUT2D eigenvalue weighted by Gasteiger charge is 2.20. The molecule has 1 N–H and O–H groups in total. The summed E-state index contributed by atoms with van der Waals surface area (Å²) in [7, 11) is 6.79. The molecule has 6 nitrogen and oxygen atoms in total. The molecule has 2 aromatic carbocycles. The van der Waals surface area contributed by atoms with Crippen LogP contribution in [0.4, 0.5) is 0 Å². The predicted octanol–water partition coefficient (Wildman–Crippen LogP) is 3.24. The largest absolute Gasteiger partial charge is 0.507 e. The number of methoxy groups -OCH3 is 2. The van der Waals surface area contributed by atoms with Crippen molar-refractivity contribution >= 4 is 11.0 Å². The van der Waals surface area contributed by atoms with E-state index in [9.17, 15) is 9.90 Å². The molecular weight excluding hydrogens is 334 g/mol. The Bertz CT molecular complexity index is 990. The van der Waals surface area contributed by atoms with Gasteiger partial charge in [0.15, 0.2) is 0 Å². The second kappa shape index (κ2) is 7.09. The first kappa shape index (κ1) is 17.8. The molecule has 0 aliphatic rings. The number of benzene rings is 2. The average molecular weight is 355 g/mol. The van der Waals surface area contributed by atoms with Crippen molar-refractivity contribution in [2.24, 2.45) is 0 Å². The Hall–Kier alpha value is -2.99. The zero-order chi connectivity index (χ0) is 18.8. The number of phenolic OH excluding ortho intramolecular Hbond substituents is 1. The predicted molar refractivity (Wildman–Crippen MR) is 100 cm³/mol. The monoisotopic (exact) mass is 355 g/mol. The minimum atomic E-state index is -0.215. The van der Waals surface area contributed by atoms with E-state index in [2.05, 4.69) is 0 Å². The first-order chi connectivity index (χ1) is 12.5. The van der Waals surface area contributed by atoms with Gasteiger partial charge in [0.2, 0.25) is 5.43 Å². The van der Waals surface area contributed by atoms with E-state index < -0.39 is 0 Å². The number of hydrogen-bond acceptors (Lipinski definition) is 6. The van der Waals surface area contributed by atoms with Crippen molar-refractivity contribution in [3.8, 4) is 28.4 Å². The summed E-state index contributed by atoms with van der Waals surface area (Å²) in [5.74, 6) is 1.02. The second-order valence-electron chi connectivity index (χ2n) is 6.23. The molecule has 3 aromatic rings. The summed E-state index contributed by atoms with van der Waals surface area (Å²) in [4.78, 5) is 15.0. The standard InChI is InChI=1S/C20H21NO5/c1-21(2)10-14-16(22)9-17(25-4)18-19(23)15(11-26-20(14)18)12-5-7-13(24-3)8-6-12/h5-9,11,22H,10H2,1-4H3. The van der Waals surface area contributed by atoms with Crippen LogP contribution < -0.4 is 14.9 Å². The van der Waals surface area contributed by atoms with Crippen LogP contribution >= 0.6 is 0 Å². The molecular formula is C20H21NO5. The molecule has 0 unspecified atom stereocenters. The summed E-state index contributed by atoms with van der Waals surface area (Å²) in [6.45, 7) is 0.428. The Morgan fingerprint density at radius 1 is 1.12 bits per heavy atom. The zero-order valence-electron chi connectivity index (χ0n) is 15.2. The molecule has 0 fully saturated rings. The van der Waals surface area contributed by atoms with E-state index in [1.165, 1.54) is 19.4 Å². The van der Waals surface area contributed by atoms with E-state index in [4.69, 9.17) is 13.9 Å². The van der Waals surface area contributed by atoms with Crippen molar-refractivity contribution in [1.29, 1.82) is 0 Å². The maximum Gasteiger partial charge on any atom is 0.204 e. The Kier molecular flexibility index (Phi) is 4.86. The van der Waals surface area contributed by atoms with Crippen molar-refractivity contribution < 1.29 is 19.0 Å². The fraction of sp³-hybridized carbons (Fsp3) is 0.250. The van der Waals surface area contributed by atoms with Gasteiger partial charge in [-0.3, -0.25) is 4.79 Å². The summed E-state index contributed by atoms with van der Waals surface area (Å²) < 4.78 is 16.3. The molecule has 26 heavy (non-hydrogen) atoms. The SMILES string of the molecule is COc1ccc(-c2coc3c(CN(C)C)c(O)cc(OC)c3c2=O)cc1. The molecule has 0 radical (unpaired) electrons. The van der Waals surface area contributed by atoms with Gasteiger partial charge in [0.1, 0.15) is 34.5 Å². The van der Waals surface area contributed by atoms with Crippen LogP contribution in [0.15, 0.2) is 45.8 Å². The van der Waals surface area contributed by atoms with Crippen molar-refractivity contribution in [2.45, 2.75) is 6.54 Å². The van der Waals surface area contributed by atoms with Gasteiger partial charge in [0.05, 0.1) is 25.3 Å². The molecule has 136 valence electrons. The molecule has 0 aliphatic heterocycles. The van der Waals surface area contributed by atoms with Crippen LogP contribution in [0.3, 0.4) is 0 Å². The van der Waals surface area contributed by atoms with E-state index in [1.807, 2.05) is 19.0 Å². The summed E-state index contributed by atoms with van der Waals surface area (Å²) in [6, 6.07) is 8.61. The van der Waals surface area contributed by atoms with Gasteiger partial charge in [0, 0.05) is 12.6 Å². The summed E-state index contributed by atoms with van der Waals surface area (Å²) in [5.41, 5.74) is 1.79. The minimum absolute atomic E-state index is 0.0309. The van der Waals surface area contributed by atoms with Crippen molar-refractivity contribution in [3.63, 3.8) is 0 Å². The molecule has 0 atom stereocenters. The maximum absolute atomic E-state index is 13.1. The molecule has 6 heteroatoms. The average Bonchev–Trinajstić information content (AvgIpc) is 2.63. The lowest BCUT2D eigenvalue weighted by Crippen LogP contribution is -2.13. The number of fused-ring (bicyclic) bond motifs is 1. The molecule has 0 aliphatic carbocycles. The Morgan fingerprint density at radius 2 is 1.81 bits per heavy atom. The molecule has 1 aromatic heterocycles. The number of aromatic hydroxyl groups is 1. The van der Waals surface area contributed by atoms with Crippen LogP contribution in [-0.4, -0.2) is 38.3 Å². The van der Waals surface area contributed by atoms with Gasteiger partial charge >= 0.3 is 0 Å². The summed E-state index contributed by atoms with van der Waals surface area (Å²) in [5, 5.41) is 10.6. The number of nitrogens with zero attached hydrogens (tertiary/aromatic N) is 1. The third-order valence-corrected chi connectivity index (χ3v) is 4.19. The highest BCUT2D eigenvalue weighted by molar-refractivity contribution is 5.91. The van der Waals surface area contributed by atoms with E-state index in [0.717, 1.165) is 0 Å². The van der Waals surface area contributed by atoms with Gasteiger partial charge in [-0.05, 0) is 31.8 Å². The third kappa shape index (κ3) is 3.11. The second-order valence-corrected chi connectivity index (χ2v) is 6.23. The number of hydrogen-bond donors (Lipinski definition) is 1. The lowest BCUT2D eigenvalue weighted by Gasteiger charge is -2.15. The van der Waals surface area contributed by atoms with Crippen LogP contribution in [0.2, 0.25) is 0 Å². The normalized spacial score (nSPS) is 11.1. The highest BCUT2D eigenvalue weighted by Crippen LogP contribution is 2.35. The van der Waals surface area contributed by atoms with E-state index in [1.54, 1.807) is 31.4 Å². The maximum atomic E-state index is 13.1. The zero-order valence-corrected chi connectivity index (χ0v) is 15.2. The highest BCUT2D eigenvalue weighted by atomic mass is 16.5. The van der Waals surface area contributed by atoms with E-state index in [0.29, 0.717) is 40.0 Å². The van der Waals surface area contributed by atoms with Crippen molar-refractivity contribution in [1.82, 2.24) is 4.90 Å². The Balaban J connectivity index is 2.27. The van der Waals surface area contributed by atoms with Crippen LogP contribution in [0.5, 0.6) is 17.2 Å². The molecule has 0 saturated heterocycles. The number of rotatable bonds is 5. The molecule has 3 rings (SSSR count). The summed E-state index contributed by atoms with van der Waals surface area (Å²) >= 11 is 0. The van der Waals surface area contributed by atoms with Gasteiger partial charge in [-0.2, -0.15) is 0 Å². The van der Waals surface area contributed by atoms with Crippen LogP contribution in [-0.2, 0) is 6.54 Å². The smallest absolute Gasteiger partial charge is 0.204 e. The Labute approximate surface area is 151 Å². The Morgan fingerprint density at radius 3 is 2.38 bits per heavy atom. The van der Waals surface area contributed by atoms with Crippen molar-refractivity contribution in [3.05, 3.63) is 52.4 Å². The van der Waals surface area contributed by atoms with Crippen molar-refractivity contribution in [2.75, 3.05) is 28.3 Å². The van der Waals surface area contributed by atoms with E-state index in [-0.39, 0.29) is 16.9 Å². The molecule has 0 amide bonds. The van der Waals surface area contributed by atoms with Crippen LogP contribution in [0.1, 0.15) is 5.56 Å². The fourth-order valence-electron chi connectivity index (χ4n) is 2.91. The first-order valence-corrected chi connectivity index (χ1v) is 8.09. The fourth-order valence-corrected chi connectivity index (χ4v) is 2.91. The van der Waals surface area contributed by atoms with Gasteiger partial charge in [0.25, 0.3) is 0 Å². The molecule has 1 heterocycles. The third-order valence-electron chi connectivity index (χ3n) is 4.19. The lowest BCUT2D eigenvalue weighted by molar-refractivity contribution is 0.379. The lowest BCUT2D eigenvalue weighted by atomic mass is 10.0. The topological polar surface area (TPSA) is 72.1 Å². The summed E-state index contributed by atoms with van der Waals surface area (Å²) in [6.07, 6.45) is 1.42. The van der Waals surface area contributed by atoms with Crippen LogP contribution in [0.25, 0.3) is 22.1 Å². The van der Waals surface area contributed by atoms with Gasteiger partial charge in [-0.15, -0.1) is 0 Å². The first-order valence-electron chi connectivity index (χ1n) is 8.09. The quantitative estimate of drug-likeness (QED) is 0.757. The van der Waals surface area contributed by atoms with Gasteiger partial charge < -0.3 is 23.9 Å². The van der Waals surface area contributed by atoms with Crippen LogP contribution in [0, 0.1) is 0 Å². The van der Waals surface area contributed by atoms with Gasteiger partial charge in [-0.25, -0.2) is 0 Å². The number of ether oxygens (including phenoxy) is 2.